The number of nitrogens with one attached hydrogen (secondary N) is 1. The summed E-state index contributed by atoms with van der Waals surface area (Å²) >= 11 is 0. The van der Waals surface area contributed by atoms with Crippen LogP contribution in [0.25, 0.3) is 21.9 Å². The largest absolute Gasteiger partial charge is 0.454 e. The second-order valence-electron chi connectivity index (χ2n) is 6.57. The van der Waals surface area contributed by atoms with Crippen LogP contribution in [0.5, 0.6) is 0 Å². The van der Waals surface area contributed by atoms with Gasteiger partial charge in [-0.15, -0.1) is 0 Å². The first-order valence-corrected chi connectivity index (χ1v) is 9.44. The molecule has 0 saturated carbocycles. The zero-order valence-corrected chi connectivity index (χ0v) is 16.2. The van der Waals surface area contributed by atoms with E-state index in [0.29, 0.717) is 29.1 Å². The number of para-hydroxylation sites is 2. The van der Waals surface area contributed by atoms with Crippen molar-refractivity contribution in [3.05, 3.63) is 70.2 Å². The highest BCUT2D eigenvalue weighted by molar-refractivity contribution is 6.02. The molecule has 2 aromatic heterocycles. The molecule has 0 bridgehead atoms. The van der Waals surface area contributed by atoms with Gasteiger partial charge in [0.2, 0.25) is 5.95 Å². The van der Waals surface area contributed by atoms with Gasteiger partial charge in [-0.3, -0.25) is 9.36 Å². The van der Waals surface area contributed by atoms with E-state index in [-0.39, 0.29) is 5.56 Å². The standard InChI is InChI=1S/C22H22N4O2/c1-4-15-16-10-7-9-13-19(16)28-20(15)14(3)24-25-22-23-18-12-8-6-11-17(18)21(27)26(22)5-2/h6-13H,4-5H2,1-3H3,(H,23,25)/b24-14-. The van der Waals surface area contributed by atoms with Gasteiger partial charge in [-0.05, 0) is 38.5 Å². The van der Waals surface area contributed by atoms with Crippen LogP contribution in [-0.4, -0.2) is 15.3 Å². The molecule has 1 N–H and O–H groups in total. The molecule has 0 fully saturated rings. The van der Waals surface area contributed by atoms with Crippen LogP contribution >= 0.6 is 0 Å². The lowest BCUT2D eigenvalue weighted by atomic mass is 10.1. The van der Waals surface area contributed by atoms with Crippen LogP contribution in [0, 0.1) is 0 Å². The molecule has 6 nitrogen and oxygen atoms in total. The lowest BCUT2D eigenvalue weighted by molar-refractivity contribution is 0.599. The molecular weight excluding hydrogens is 352 g/mol. The molecule has 4 rings (SSSR count). The second-order valence-corrected chi connectivity index (χ2v) is 6.57. The molecule has 28 heavy (non-hydrogen) atoms. The Bertz CT molecular complexity index is 1250. The van der Waals surface area contributed by atoms with Gasteiger partial charge in [0, 0.05) is 17.5 Å². The maximum Gasteiger partial charge on any atom is 0.262 e. The van der Waals surface area contributed by atoms with Crippen LogP contribution in [-0.2, 0) is 13.0 Å². The van der Waals surface area contributed by atoms with Crippen molar-refractivity contribution in [1.82, 2.24) is 9.55 Å². The molecule has 0 amide bonds. The maximum absolute atomic E-state index is 12.7. The van der Waals surface area contributed by atoms with Gasteiger partial charge in [0.1, 0.15) is 11.3 Å². The Balaban J connectivity index is 1.76. The third-order valence-electron chi connectivity index (χ3n) is 4.88. The van der Waals surface area contributed by atoms with Crippen molar-refractivity contribution >= 4 is 33.5 Å². The molecule has 6 heteroatoms. The van der Waals surface area contributed by atoms with Crippen molar-refractivity contribution in [3.63, 3.8) is 0 Å². The number of fused-ring (bicyclic) bond motifs is 2. The predicted octanol–water partition coefficient (Wildman–Crippen LogP) is 4.56. The molecule has 2 aromatic carbocycles. The number of hydrogen-bond acceptors (Lipinski definition) is 5. The van der Waals surface area contributed by atoms with E-state index < -0.39 is 0 Å². The van der Waals surface area contributed by atoms with Gasteiger partial charge in [-0.1, -0.05) is 37.3 Å². The van der Waals surface area contributed by atoms with Crippen molar-refractivity contribution < 1.29 is 4.42 Å². The van der Waals surface area contributed by atoms with Gasteiger partial charge in [-0.2, -0.15) is 5.10 Å². The fourth-order valence-corrected chi connectivity index (χ4v) is 3.47. The molecule has 0 aliphatic rings. The number of hydrazone groups is 1. The maximum atomic E-state index is 12.7. The Hall–Kier alpha value is -3.41. The molecule has 0 radical (unpaired) electrons. The monoisotopic (exact) mass is 374 g/mol. The van der Waals surface area contributed by atoms with Gasteiger partial charge in [0.05, 0.1) is 10.9 Å². The predicted molar refractivity (Wildman–Crippen MR) is 113 cm³/mol. The van der Waals surface area contributed by atoms with Gasteiger partial charge >= 0.3 is 0 Å². The first kappa shape index (κ1) is 18.0. The number of furan rings is 1. The normalized spacial score (nSPS) is 12.0. The Morgan fingerprint density at radius 3 is 2.57 bits per heavy atom. The van der Waals surface area contributed by atoms with Crippen molar-refractivity contribution in [2.45, 2.75) is 33.7 Å². The fraction of sp³-hybridized carbons (Fsp3) is 0.227. The van der Waals surface area contributed by atoms with E-state index >= 15 is 0 Å². The summed E-state index contributed by atoms with van der Waals surface area (Å²) in [6.07, 6.45) is 0.840. The Labute approximate surface area is 162 Å². The first-order chi connectivity index (χ1) is 13.6. The van der Waals surface area contributed by atoms with Crippen molar-refractivity contribution in [3.8, 4) is 0 Å². The summed E-state index contributed by atoms with van der Waals surface area (Å²) in [7, 11) is 0. The summed E-state index contributed by atoms with van der Waals surface area (Å²) < 4.78 is 7.61. The number of anilines is 1. The van der Waals surface area contributed by atoms with Crippen molar-refractivity contribution in [2.75, 3.05) is 5.43 Å². The van der Waals surface area contributed by atoms with E-state index in [2.05, 4.69) is 28.5 Å². The SMILES string of the molecule is CCc1c(/C(C)=N\Nc2nc3ccccc3c(=O)n2CC)oc2ccccc12. The minimum absolute atomic E-state index is 0.0820. The number of hydrogen-bond donors (Lipinski definition) is 1. The third-order valence-corrected chi connectivity index (χ3v) is 4.88. The number of rotatable bonds is 5. The third kappa shape index (κ3) is 2.97. The average molecular weight is 374 g/mol. The molecular formula is C22H22N4O2. The molecule has 0 unspecified atom stereocenters. The van der Waals surface area contributed by atoms with Gasteiger partial charge < -0.3 is 4.42 Å². The summed E-state index contributed by atoms with van der Waals surface area (Å²) in [5.74, 6) is 1.17. The topological polar surface area (TPSA) is 72.4 Å². The molecule has 0 aliphatic heterocycles. The van der Waals surface area contributed by atoms with Crippen molar-refractivity contribution in [1.29, 1.82) is 0 Å². The minimum atomic E-state index is -0.0820. The minimum Gasteiger partial charge on any atom is -0.454 e. The summed E-state index contributed by atoms with van der Waals surface area (Å²) in [6, 6.07) is 15.3. The Kier molecular flexibility index (Phi) is 4.69. The van der Waals surface area contributed by atoms with E-state index in [0.717, 1.165) is 28.7 Å². The average Bonchev–Trinajstić information content (AvgIpc) is 3.11. The van der Waals surface area contributed by atoms with E-state index in [1.165, 1.54) is 0 Å². The van der Waals surface area contributed by atoms with E-state index in [4.69, 9.17) is 4.42 Å². The summed E-state index contributed by atoms with van der Waals surface area (Å²) in [5, 5.41) is 6.17. The molecule has 142 valence electrons. The highest BCUT2D eigenvalue weighted by Crippen LogP contribution is 2.27. The molecule has 0 saturated heterocycles. The number of aryl methyl sites for hydroxylation is 1. The van der Waals surface area contributed by atoms with Crippen LogP contribution in [0.15, 0.2) is 62.8 Å². The van der Waals surface area contributed by atoms with Crippen LogP contribution in [0.2, 0.25) is 0 Å². The van der Waals surface area contributed by atoms with E-state index in [1.54, 1.807) is 10.6 Å². The first-order valence-electron chi connectivity index (χ1n) is 9.44. The van der Waals surface area contributed by atoms with Crippen LogP contribution in [0.1, 0.15) is 32.1 Å². The summed E-state index contributed by atoms with van der Waals surface area (Å²) in [6.45, 7) is 6.40. The van der Waals surface area contributed by atoms with Crippen LogP contribution in [0.3, 0.4) is 0 Å². The molecule has 2 heterocycles. The van der Waals surface area contributed by atoms with Crippen LogP contribution in [0.4, 0.5) is 5.95 Å². The number of aromatic nitrogens is 2. The Morgan fingerprint density at radius 2 is 1.82 bits per heavy atom. The van der Waals surface area contributed by atoms with Gasteiger partial charge in [0.15, 0.2) is 5.76 Å². The molecule has 0 atom stereocenters. The molecule has 4 aromatic rings. The zero-order valence-electron chi connectivity index (χ0n) is 16.2. The second kappa shape index (κ2) is 7.31. The van der Waals surface area contributed by atoms with Gasteiger partial charge in [0.25, 0.3) is 5.56 Å². The summed E-state index contributed by atoms with van der Waals surface area (Å²) in [4.78, 5) is 17.3. The van der Waals surface area contributed by atoms with E-state index in [9.17, 15) is 4.79 Å². The smallest absolute Gasteiger partial charge is 0.262 e. The van der Waals surface area contributed by atoms with E-state index in [1.807, 2.05) is 50.2 Å². The van der Waals surface area contributed by atoms with Crippen LogP contribution < -0.4 is 11.0 Å². The number of nitrogens with zero attached hydrogens (tertiary/aromatic N) is 3. The summed E-state index contributed by atoms with van der Waals surface area (Å²) in [5.41, 5.74) is 6.21. The fourth-order valence-electron chi connectivity index (χ4n) is 3.47. The lowest BCUT2D eigenvalue weighted by Crippen LogP contribution is -2.23. The highest BCUT2D eigenvalue weighted by Gasteiger charge is 2.15. The lowest BCUT2D eigenvalue weighted by Gasteiger charge is -2.11. The number of benzene rings is 2. The zero-order chi connectivity index (χ0) is 19.7. The van der Waals surface area contributed by atoms with Crippen molar-refractivity contribution in [2.24, 2.45) is 5.10 Å². The highest BCUT2D eigenvalue weighted by atomic mass is 16.3. The quantitative estimate of drug-likeness (QED) is 0.410. The molecule has 0 aliphatic carbocycles. The Morgan fingerprint density at radius 1 is 1.11 bits per heavy atom. The molecule has 0 spiro atoms. The van der Waals surface area contributed by atoms with Gasteiger partial charge in [-0.25, -0.2) is 10.4 Å².